The van der Waals surface area contributed by atoms with Gasteiger partial charge >= 0.3 is 5.76 Å². The van der Waals surface area contributed by atoms with Crippen molar-refractivity contribution in [2.24, 2.45) is 0 Å². The van der Waals surface area contributed by atoms with Crippen LogP contribution in [0.4, 0.5) is 5.69 Å². The predicted molar refractivity (Wildman–Crippen MR) is 88.6 cm³/mol. The van der Waals surface area contributed by atoms with Crippen LogP contribution in [0.15, 0.2) is 51.0 Å². The summed E-state index contributed by atoms with van der Waals surface area (Å²) in [5, 5.41) is 17.4. The van der Waals surface area contributed by atoms with E-state index in [2.05, 4.69) is 10.4 Å². The summed E-state index contributed by atoms with van der Waals surface area (Å²) in [5.74, 6) is -0.915. The highest BCUT2D eigenvalue weighted by atomic mass is 32.1. The van der Waals surface area contributed by atoms with E-state index < -0.39 is 17.7 Å². The summed E-state index contributed by atoms with van der Waals surface area (Å²) < 4.78 is 6.11. The smallest absolute Gasteiger partial charge is 0.387 e. The van der Waals surface area contributed by atoms with Gasteiger partial charge in [0.05, 0.1) is 16.5 Å². The van der Waals surface area contributed by atoms with Gasteiger partial charge in [0.2, 0.25) is 5.91 Å². The van der Waals surface area contributed by atoms with Crippen LogP contribution in [0.25, 0.3) is 10.8 Å². The fourth-order valence-electron chi connectivity index (χ4n) is 2.02. The molecular formula is C16H12N4O3S. The summed E-state index contributed by atoms with van der Waals surface area (Å²) >= 11 is 1.39. The molecule has 0 aliphatic heterocycles. The second-order valence-electron chi connectivity index (χ2n) is 4.95. The Kier molecular flexibility index (Phi) is 4.26. The number of carbonyl (C=O) groups is 1. The summed E-state index contributed by atoms with van der Waals surface area (Å²) in [5.41, 5.74) is 1.02. The molecule has 24 heavy (non-hydrogen) atoms. The summed E-state index contributed by atoms with van der Waals surface area (Å²) in [6, 6.07) is 11.2. The average molecular weight is 340 g/mol. The van der Waals surface area contributed by atoms with Gasteiger partial charge in [-0.1, -0.05) is 6.07 Å². The molecule has 2 aromatic heterocycles. The van der Waals surface area contributed by atoms with Crippen molar-refractivity contribution < 1.29 is 9.21 Å². The summed E-state index contributed by atoms with van der Waals surface area (Å²) in [4.78, 5) is 25.0. The number of aromatic nitrogens is 2. The Morgan fingerprint density at radius 1 is 1.38 bits per heavy atom. The highest BCUT2D eigenvalue weighted by Gasteiger charge is 2.21. The fraction of sp³-hybridized carbons (Fsp3) is 0.125. The third-order valence-electron chi connectivity index (χ3n) is 3.33. The molecule has 0 aliphatic carbocycles. The summed E-state index contributed by atoms with van der Waals surface area (Å²) in [7, 11) is 0. The number of nitrogens with one attached hydrogen (secondary N) is 1. The maximum absolute atomic E-state index is 12.3. The first-order chi connectivity index (χ1) is 11.6. The van der Waals surface area contributed by atoms with Crippen LogP contribution in [0.5, 0.6) is 0 Å². The van der Waals surface area contributed by atoms with Crippen LogP contribution in [-0.2, 0) is 4.79 Å². The molecule has 1 amide bonds. The van der Waals surface area contributed by atoms with E-state index in [0.717, 1.165) is 4.68 Å². The highest BCUT2D eigenvalue weighted by molar-refractivity contribution is 7.13. The highest BCUT2D eigenvalue weighted by Crippen LogP contribution is 2.22. The first kappa shape index (κ1) is 15.7. The van der Waals surface area contributed by atoms with Gasteiger partial charge in [0, 0.05) is 5.69 Å². The van der Waals surface area contributed by atoms with Gasteiger partial charge in [0.15, 0.2) is 0 Å². The number of amides is 1. The molecule has 3 rings (SSSR count). The standard InChI is InChI=1S/C16H12N4O3S/c1-10(14(21)18-12-6-4-11(9-17)5-7-12)20-16(22)23-15(19-20)13-3-2-8-24-13/h2-8,10H,1H3,(H,18,21)/t10-/m1/s1. The van der Waals surface area contributed by atoms with Crippen molar-refractivity contribution in [3.63, 3.8) is 0 Å². The number of nitriles is 1. The lowest BCUT2D eigenvalue weighted by Gasteiger charge is -2.10. The van der Waals surface area contributed by atoms with Crippen LogP contribution in [-0.4, -0.2) is 15.7 Å². The Hall–Kier alpha value is -3.18. The minimum atomic E-state index is -0.842. The lowest BCUT2D eigenvalue weighted by Crippen LogP contribution is -2.30. The second kappa shape index (κ2) is 6.52. The quantitative estimate of drug-likeness (QED) is 0.787. The predicted octanol–water partition coefficient (Wildman–Crippen LogP) is 2.64. The van der Waals surface area contributed by atoms with E-state index in [1.165, 1.54) is 11.3 Å². The second-order valence-corrected chi connectivity index (χ2v) is 5.90. The molecule has 0 bridgehead atoms. The van der Waals surface area contributed by atoms with Crippen molar-refractivity contribution in [2.45, 2.75) is 13.0 Å². The van der Waals surface area contributed by atoms with Gasteiger partial charge in [-0.2, -0.15) is 9.94 Å². The number of rotatable bonds is 4. The third-order valence-corrected chi connectivity index (χ3v) is 4.19. The van der Waals surface area contributed by atoms with Gasteiger partial charge in [0.1, 0.15) is 6.04 Å². The number of carbonyl (C=O) groups excluding carboxylic acids is 1. The van der Waals surface area contributed by atoms with E-state index >= 15 is 0 Å². The molecule has 0 unspecified atom stereocenters. The van der Waals surface area contributed by atoms with E-state index in [-0.39, 0.29) is 5.89 Å². The normalized spacial score (nSPS) is 11.7. The Morgan fingerprint density at radius 2 is 2.12 bits per heavy atom. The Labute approximate surface area is 140 Å². The maximum atomic E-state index is 12.3. The molecule has 1 N–H and O–H groups in total. The minimum absolute atomic E-state index is 0.188. The van der Waals surface area contributed by atoms with Gasteiger partial charge in [-0.25, -0.2) is 4.79 Å². The van der Waals surface area contributed by atoms with Crippen LogP contribution in [0.3, 0.4) is 0 Å². The molecule has 1 aromatic carbocycles. The van der Waals surface area contributed by atoms with Gasteiger partial charge < -0.3 is 9.73 Å². The summed E-state index contributed by atoms with van der Waals surface area (Å²) in [6.45, 7) is 1.56. The topological polar surface area (TPSA) is 101 Å². The molecular weight excluding hydrogens is 328 g/mol. The van der Waals surface area contributed by atoms with Gasteiger partial charge in [-0.3, -0.25) is 4.79 Å². The molecule has 0 spiro atoms. The zero-order chi connectivity index (χ0) is 17.1. The molecule has 1 atom stereocenters. The summed E-state index contributed by atoms with van der Waals surface area (Å²) in [6.07, 6.45) is 0. The van der Waals surface area contributed by atoms with Crippen LogP contribution in [0, 0.1) is 11.3 Å². The van der Waals surface area contributed by atoms with Crippen LogP contribution in [0.1, 0.15) is 18.5 Å². The average Bonchev–Trinajstić information content (AvgIpc) is 3.24. The SMILES string of the molecule is C[C@H](C(=O)Nc1ccc(C#N)cc1)n1nc(-c2cccs2)oc1=O. The number of anilines is 1. The van der Waals surface area contributed by atoms with E-state index in [1.807, 2.05) is 17.5 Å². The first-order valence-electron chi connectivity index (χ1n) is 7.03. The third kappa shape index (κ3) is 3.11. The van der Waals surface area contributed by atoms with E-state index in [4.69, 9.17) is 9.68 Å². The number of hydrogen-bond acceptors (Lipinski definition) is 6. The van der Waals surface area contributed by atoms with E-state index in [0.29, 0.717) is 16.1 Å². The molecule has 0 saturated carbocycles. The van der Waals surface area contributed by atoms with Crippen molar-refractivity contribution in [3.05, 3.63) is 57.9 Å². The zero-order valence-corrected chi connectivity index (χ0v) is 13.4. The van der Waals surface area contributed by atoms with Crippen LogP contribution < -0.4 is 11.1 Å². The Balaban J connectivity index is 1.78. The monoisotopic (exact) mass is 340 g/mol. The molecule has 0 fully saturated rings. The van der Waals surface area contributed by atoms with Crippen molar-refractivity contribution in [1.29, 1.82) is 5.26 Å². The molecule has 7 nitrogen and oxygen atoms in total. The Bertz CT molecular complexity index is 949. The van der Waals surface area contributed by atoms with Crippen molar-refractivity contribution in [2.75, 3.05) is 5.32 Å². The zero-order valence-electron chi connectivity index (χ0n) is 12.6. The van der Waals surface area contributed by atoms with Gasteiger partial charge in [-0.05, 0) is 42.6 Å². The molecule has 120 valence electrons. The van der Waals surface area contributed by atoms with Crippen molar-refractivity contribution in [3.8, 4) is 16.8 Å². The molecule has 0 aliphatic rings. The maximum Gasteiger partial charge on any atom is 0.438 e. The van der Waals surface area contributed by atoms with Crippen LogP contribution in [0.2, 0.25) is 0 Å². The first-order valence-corrected chi connectivity index (χ1v) is 7.91. The van der Waals surface area contributed by atoms with Crippen molar-refractivity contribution in [1.82, 2.24) is 9.78 Å². The van der Waals surface area contributed by atoms with E-state index in [9.17, 15) is 9.59 Å². The molecule has 0 saturated heterocycles. The molecule has 0 radical (unpaired) electrons. The molecule has 2 heterocycles. The van der Waals surface area contributed by atoms with Crippen LogP contribution >= 0.6 is 11.3 Å². The number of nitrogens with zero attached hydrogens (tertiary/aromatic N) is 3. The number of benzene rings is 1. The lowest BCUT2D eigenvalue weighted by molar-refractivity contribution is -0.119. The molecule has 8 heteroatoms. The minimum Gasteiger partial charge on any atom is -0.387 e. The number of thiophene rings is 1. The van der Waals surface area contributed by atoms with Gasteiger partial charge in [-0.15, -0.1) is 16.4 Å². The van der Waals surface area contributed by atoms with Gasteiger partial charge in [0.25, 0.3) is 5.89 Å². The lowest BCUT2D eigenvalue weighted by atomic mass is 10.2. The van der Waals surface area contributed by atoms with E-state index in [1.54, 1.807) is 37.3 Å². The fourth-order valence-corrected chi connectivity index (χ4v) is 2.66. The molecule has 3 aromatic rings. The largest absolute Gasteiger partial charge is 0.438 e. The number of hydrogen-bond donors (Lipinski definition) is 1. The van der Waals surface area contributed by atoms with Crippen molar-refractivity contribution >= 4 is 22.9 Å². The Morgan fingerprint density at radius 3 is 2.75 bits per heavy atom.